The Kier molecular flexibility index (Phi) is 5.74. The number of ether oxygens (including phenoxy) is 1. The lowest BCUT2D eigenvalue weighted by Gasteiger charge is -2.21. The maximum absolute atomic E-state index is 6.08. The number of benzene rings is 3. The minimum absolute atomic E-state index is 0.569. The van der Waals surface area contributed by atoms with Crippen molar-refractivity contribution >= 4 is 10.8 Å². The molecule has 3 aromatic carbocycles. The molecule has 0 fully saturated rings. The molecule has 140 valence electrons. The van der Waals surface area contributed by atoms with E-state index in [1.165, 1.54) is 29.2 Å². The molecule has 0 heterocycles. The van der Waals surface area contributed by atoms with Crippen LogP contribution in [-0.4, -0.2) is 19.2 Å². The highest BCUT2D eigenvalue weighted by atomic mass is 16.5. The van der Waals surface area contributed by atoms with Crippen molar-refractivity contribution in [1.29, 1.82) is 0 Å². The average molecular weight is 360 g/mol. The summed E-state index contributed by atoms with van der Waals surface area (Å²) in [7, 11) is 0. The summed E-state index contributed by atoms with van der Waals surface area (Å²) in [6, 6.07) is 24.2. The number of hydrogen-bond donors (Lipinski definition) is 1. The van der Waals surface area contributed by atoms with Crippen LogP contribution >= 0.6 is 0 Å². The molecule has 4 rings (SSSR count). The average Bonchev–Trinajstić information content (AvgIpc) is 3.06. The maximum atomic E-state index is 6.08. The first kappa shape index (κ1) is 18.1. The van der Waals surface area contributed by atoms with Gasteiger partial charge in [-0.05, 0) is 54.3 Å². The summed E-state index contributed by atoms with van der Waals surface area (Å²) in [4.78, 5) is 0. The molecule has 2 atom stereocenters. The van der Waals surface area contributed by atoms with Gasteiger partial charge in [0, 0.05) is 11.4 Å². The quantitative estimate of drug-likeness (QED) is 0.520. The zero-order valence-electron chi connectivity index (χ0n) is 16.2. The Morgan fingerprint density at radius 2 is 1.78 bits per heavy atom. The zero-order valence-corrected chi connectivity index (χ0v) is 16.2. The lowest BCUT2D eigenvalue weighted by atomic mass is 9.93. The van der Waals surface area contributed by atoms with Gasteiger partial charge in [0.1, 0.15) is 5.75 Å². The predicted molar refractivity (Wildman–Crippen MR) is 114 cm³/mol. The molecular weight excluding hydrogens is 330 g/mol. The van der Waals surface area contributed by atoms with Crippen molar-refractivity contribution in [2.24, 2.45) is 0 Å². The summed E-state index contributed by atoms with van der Waals surface area (Å²) in [5.74, 6) is 1.65. The van der Waals surface area contributed by atoms with E-state index in [1.54, 1.807) is 5.56 Å². The predicted octanol–water partition coefficient (Wildman–Crippen LogP) is 5.71. The van der Waals surface area contributed by atoms with E-state index in [0.29, 0.717) is 12.0 Å². The first-order valence-electron chi connectivity index (χ1n) is 10.3. The molecule has 0 saturated carbocycles. The number of rotatable bonds is 8. The lowest BCUT2D eigenvalue weighted by Crippen LogP contribution is -2.34. The molecule has 0 amide bonds. The van der Waals surface area contributed by atoms with E-state index in [1.807, 2.05) is 0 Å². The fourth-order valence-electron chi connectivity index (χ4n) is 4.42. The van der Waals surface area contributed by atoms with Crippen LogP contribution in [0.2, 0.25) is 0 Å². The van der Waals surface area contributed by atoms with E-state index in [0.717, 1.165) is 31.7 Å². The van der Waals surface area contributed by atoms with E-state index in [2.05, 4.69) is 79.0 Å². The highest BCUT2D eigenvalue weighted by molar-refractivity contribution is 5.88. The summed E-state index contributed by atoms with van der Waals surface area (Å²) in [5, 5.41) is 6.24. The SMILES string of the molecule is CCCC1c2ccccc2CC1NCCCOc1cccc2ccccc12. The second kappa shape index (κ2) is 8.58. The summed E-state index contributed by atoms with van der Waals surface area (Å²) in [5.41, 5.74) is 3.09. The van der Waals surface area contributed by atoms with Crippen LogP contribution in [0.4, 0.5) is 0 Å². The molecule has 3 aromatic rings. The van der Waals surface area contributed by atoms with E-state index in [4.69, 9.17) is 4.74 Å². The third-order valence-corrected chi connectivity index (χ3v) is 5.71. The molecular formula is C25H29NO. The molecule has 27 heavy (non-hydrogen) atoms. The molecule has 1 N–H and O–H groups in total. The summed E-state index contributed by atoms with van der Waals surface area (Å²) < 4.78 is 6.08. The van der Waals surface area contributed by atoms with Crippen molar-refractivity contribution in [2.45, 2.75) is 44.6 Å². The summed E-state index contributed by atoms with van der Waals surface area (Å²) in [6.07, 6.45) is 4.68. The van der Waals surface area contributed by atoms with Crippen LogP contribution in [0.3, 0.4) is 0 Å². The fourth-order valence-corrected chi connectivity index (χ4v) is 4.42. The van der Waals surface area contributed by atoms with Crippen molar-refractivity contribution in [3.63, 3.8) is 0 Å². The number of hydrogen-bond acceptors (Lipinski definition) is 2. The monoisotopic (exact) mass is 359 g/mol. The minimum Gasteiger partial charge on any atom is -0.493 e. The van der Waals surface area contributed by atoms with E-state index >= 15 is 0 Å². The second-order valence-corrected chi connectivity index (χ2v) is 7.54. The van der Waals surface area contributed by atoms with Crippen molar-refractivity contribution in [2.75, 3.05) is 13.2 Å². The van der Waals surface area contributed by atoms with Gasteiger partial charge in [-0.25, -0.2) is 0 Å². The van der Waals surface area contributed by atoms with Crippen molar-refractivity contribution < 1.29 is 4.74 Å². The van der Waals surface area contributed by atoms with Crippen LogP contribution in [0.25, 0.3) is 10.8 Å². The van der Waals surface area contributed by atoms with Gasteiger partial charge in [0.2, 0.25) is 0 Å². The van der Waals surface area contributed by atoms with Gasteiger partial charge in [-0.2, -0.15) is 0 Å². The molecule has 1 aliphatic carbocycles. The van der Waals surface area contributed by atoms with Gasteiger partial charge in [0.25, 0.3) is 0 Å². The Bertz CT molecular complexity index is 883. The highest BCUT2D eigenvalue weighted by Crippen LogP contribution is 2.36. The van der Waals surface area contributed by atoms with Gasteiger partial charge >= 0.3 is 0 Å². The normalized spacial score (nSPS) is 18.6. The van der Waals surface area contributed by atoms with E-state index in [-0.39, 0.29) is 0 Å². The molecule has 0 saturated heterocycles. The van der Waals surface area contributed by atoms with Crippen LogP contribution in [0, 0.1) is 0 Å². The van der Waals surface area contributed by atoms with Crippen molar-refractivity contribution in [3.05, 3.63) is 77.9 Å². The van der Waals surface area contributed by atoms with Gasteiger partial charge in [-0.3, -0.25) is 0 Å². The maximum Gasteiger partial charge on any atom is 0.127 e. The Morgan fingerprint density at radius 1 is 0.963 bits per heavy atom. The standard InChI is InChI=1S/C25H29NO/c1-2-9-23-21-13-5-4-11-20(21)18-24(23)26-16-8-17-27-25-15-7-12-19-10-3-6-14-22(19)25/h3-7,10-15,23-24,26H,2,8-9,16-18H2,1H3. The van der Waals surface area contributed by atoms with Gasteiger partial charge in [-0.15, -0.1) is 0 Å². The summed E-state index contributed by atoms with van der Waals surface area (Å²) in [6.45, 7) is 4.04. The molecule has 0 spiro atoms. The lowest BCUT2D eigenvalue weighted by molar-refractivity contribution is 0.305. The molecule has 0 radical (unpaired) electrons. The van der Waals surface area contributed by atoms with Crippen LogP contribution in [0.1, 0.15) is 43.2 Å². The largest absolute Gasteiger partial charge is 0.493 e. The third kappa shape index (κ3) is 4.01. The van der Waals surface area contributed by atoms with Gasteiger partial charge in [0.05, 0.1) is 6.61 Å². The van der Waals surface area contributed by atoms with Crippen molar-refractivity contribution in [1.82, 2.24) is 5.32 Å². The molecule has 2 unspecified atom stereocenters. The molecule has 2 heteroatoms. The smallest absolute Gasteiger partial charge is 0.127 e. The van der Waals surface area contributed by atoms with Gasteiger partial charge in [-0.1, -0.05) is 74.0 Å². The van der Waals surface area contributed by atoms with Crippen molar-refractivity contribution in [3.8, 4) is 5.75 Å². The topological polar surface area (TPSA) is 21.3 Å². The van der Waals surface area contributed by atoms with E-state index < -0.39 is 0 Å². The number of fused-ring (bicyclic) bond motifs is 2. The fraction of sp³-hybridized carbons (Fsp3) is 0.360. The Hall–Kier alpha value is -2.32. The second-order valence-electron chi connectivity index (χ2n) is 7.54. The van der Waals surface area contributed by atoms with Crippen LogP contribution < -0.4 is 10.1 Å². The van der Waals surface area contributed by atoms with Crippen LogP contribution in [0.15, 0.2) is 66.7 Å². The first-order valence-corrected chi connectivity index (χ1v) is 10.3. The molecule has 2 nitrogen and oxygen atoms in total. The minimum atomic E-state index is 0.569. The molecule has 0 aromatic heterocycles. The Morgan fingerprint density at radius 3 is 2.70 bits per heavy atom. The zero-order chi connectivity index (χ0) is 18.5. The molecule has 1 aliphatic rings. The van der Waals surface area contributed by atoms with Crippen LogP contribution in [-0.2, 0) is 6.42 Å². The van der Waals surface area contributed by atoms with Gasteiger partial charge < -0.3 is 10.1 Å². The molecule has 0 aliphatic heterocycles. The highest BCUT2D eigenvalue weighted by Gasteiger charge is 2.30. The van der Waals surface area contributed by atoms with Gasteiger partial charge in [0.15, 0.2) is 0 Å². The first-order chi connectivity index (χ1) is 13.4. The number of nitrogens with one attached hydrogen (secondary N) is 1. The Balaban J connectivity index is 1.29. The Labute approximate surface area is 162 Å². The van der Waals surface area contributed by atoms with E-state index in [9.17, 15) is 0 Å². The van der Waals surface area contributed by atoms with Crippen LogP contribution in [0.5, 0.6) is 5.75 Å². The third-order valence-electron chi connectivity index (χ3n) is 5.71. The summed E-state index contributed by atoms with van der Waals surface area (Å²) >= 11 is 0. The molecule has 0 bridgehead atoms.